The lowest BCUT2D eigenvalue weighted by atomic mass is 9.95. The number of hydrogen-bond acceptors (Lipinski definition) is 4. The summed E-state index contributed by atoms with van der Waals surface area (Å²) in [7, 11) is 0. The molecule has 21 heavy (non-hydrogen) atoms. The lowest BCUT2D eigenvalue weighted by molar-refractivity contribution is 0.112. The van der Waals surface area contributed by atoms with E-state index in [1.165, 1.54) is 0 Å². The molecule has 2 unspecified atom stereocenters. The number of fused-ring (bicyclic) bond motifs is 1. The monoisotopic (exact) mass is 288 g/mol. The van der Waals surface area contributed by atoms with Gasteiger partial charge in [-0.25, -0.2) is 0 Å². The Labute approximate surface area is 126 Å². The van der Waals surface area contributed by atoms with Crippen molar-refractivity contribution in [3.05, 3.63) is 36.5 Å². The summed E-state index contributed by atoms with van der Waals surface area (Å²) in [6, 6.07) is 9.88. The summed E-state index contributed by atoms with van der Waals surface area (Å²) in [5, 5.41) is 14.0. The van der Waals surface area contributed by atoms with Crippen LogP contribution >= 0.6 is 0 Å². The number of ether oxygens (including phenoxy) is 1. The van der Waals surface area contributed by atoms with Crippen LogP contribution in [0.4, 0.5) is 0 Å². The standard InChI is InChI=1S/C17H24N2O2/c1-4-19-17(3,12-20)11-13(2)21-15-9-5-7-14-8-6-10-18-16(14)15/h5-10,13,19-20H,4,11-12H2,1-3H3. The number of para-hydroxylation sites is 1. The fraction of sp³-hybridized carbons (Fsp3) is 0.471. The molecule has 1 heterocycles. The minimum Gasteiger partial charge on any atom is -0.488 e. The van der Waals surface area contributed by atoms with E-state index in [0.717, 1.165) is 29.6 Å². The van der Waals surface area contributed by atoms with Gasteiger partial charge in [0.05, 0.1) is 12.7 Å². The zero-order chi connectivity index (χ0) is 15.3. The van der Waals surface area contributed by atoms with Crippen molar-refractivity contribution in [3.63, 3.8) is 0 Å². The molecular weight excluding hydrogens is 264 g/mol. The highest BCUT2D eigenvalue weighted by Crippen LogP contribution is 2.25. The Morgan fingerprint density at radius 2 is 2.10 bits per heavy atom. The van der Waals surface area contributed by atoms with Gasteiger partial charge in [0.25, 0.3) is 0 Å². The third-order valence-corrected chi connectivity index (χ3v) is 3.61. The van der Waals surface area contributed by atoms with Gasteiger partial charge in [-0.15, -0.1) is 0 Å². The van der Waals surface area contributed by atoms with Crippen LogP contribution in [0.2, 0.25) is 0 Å². The summed E-state index contributed by atoms with van der Waals surface area (Å²) in [6.07, 6.45) is 2.48. The van der Waals surface area contributed by atoms with Gasteiger partial charge in [0, 0.05) is 23.5 Å². The van der Waals surface area contributed by atoms with Crippen molar-refractivity contribution in [3.8, 4) is 5.75 Å². The van der Waals surface area contributed by atoms with E-state index in [4.69, 9.17) is 4.74 Å². The van der Waals surface area contributed by atoms with Crippen molar-refractivity contribution in [2.24, 2.45) is 0 Å². The second-order valence-corrected chi connectivity index (χ2v) is 5.71. The van der Waals surface area contributed by atoms with Crippen molar-refractivity contribution in [1.82, 2.24) is 10.3 Å². The van der Waals surface area contributed by atoms with E-state index in [1.807, 2.05) is 51.1 Å². The maximum absolute atomic E-state index is 9.57. The smallest absolute Gasteiger partial charge is 0.145 e. The largest absolute Gasteiger partial charge is 0.488 e. The SMILES string of the molecule is CCNC(C)(CO)CC(C)Oc1cccc2cccnc12. The summed E-state index contributed by atoms with van der Waals surface area (Å²) < 4.78 is 6.06. The predicted octanol–water partition coefficient (Wildman–Crippen LogP) is 2.75. The van der Waals surface area contributed by atoms with Gasteiger partial charge in [-0.05, 0) is 32.5 Å². The maximum Gasteiger partial charge on any atom is 0.145 e. The number of pyridine rings is 1. The fourth-order valence-electron chi connectivity index (χ4n) is 2.68. The first-order valence-electron chi connectivity index (χ1n) is 7.44. The van der Waals surface area contributed by atoms with Gasteiger partial charge in [0.1, 0.15) is 11.3 Å². The number of nitrogens with one attached hydrogen (secondary N) is 1. The second kappa shape index (κ2) is 6.87. The molecule has 0 aliphatic carbocycles. The average molecular weight is 288 g/mol. The first-order chi connectivity index (χ1) is 10.1. The van der Waals surface area contributed by atoms with Gasteiger partial charge in [0.15, 0.2) is 0 Å². The first-order valence-corrected chi connectivity index (χ1v) is 7.44. The highest BCUT2D eigenvalue weighted by Gasteiger charge is 2.25. The highest BCUT2D eigenvalue weighted by atomic mass is 16.5. The molecule has 0 spiro atoms. The third kappa shape index (κ3) is 3.93. The van der Waals surface area contributed by atoms with E-state index in [1.54, 1.807) is 6.20 Å². The predicted molar refractivity (Wildman–Crippen MR) is 85.6 cm³/mol. The normalized spacial score (nSPS) is 15.6. The van der Waals surface area contributed by atoms with E-state index >= 15 is 0 Å². The van der Waals surface area contributed by atoms with Gasteiger partial charge in [-0.2, -0.15) is 0 Å². The molecule has 0 saturated heterocycles. The summed E-state index contributed by atoms with van der Waals surface area (Å²) in [4.78, 5) is 4.40. The highest BCUT2D eigenvalue weighted by molar-refractivity contribution is 5.84. The average Bonchev–Trinajstić information content (AvgIpc) is 2.48. The molecule has 1 aromatic heterocycles. The number of hydrogen-bond donors (Lipinski definition) is 2. The Morgan fingerprint density at radius 1 is 1.33 bits per heavy atom. The molecule has 4 nitrogen and oxygen atoms in total. The Kier molecular flexibility index (Phi) is 5.15. The van der Waals surface area contributed by atoms with E-state index in [0.29, 0.717) is 0 Å². The van der Waals surface area contributed by atoms with Crippen LogP contribution in [0.1, 0.15) is 27.2 Å². The van der Waals surface area contributed by atoms with E-state index < -0.39 is 0 Å². The molecule has 2 rings (SSSR count). The zero-order valence-corrected chi connectivity index (χ0v) is 13.0. The molecule has 0 fully saturated rings. The van der Waals surface area contributed by atoms with Crippen molar-refractivity contribution in [2.45, 2.75) is 38.8 Å². The Hall–Kier alpha value is -1.65. The van der Waals surface area contributed by atoms with Crippen LogP contribution in [0.25, 0.3) is 10.9 Å². The minimum atomic E-state index is -0.327. The lowest BCUT2D eigenvalue weighted by Crippen LogP contribution is -2.48. The van der Waals surface area contributed by atoms with Gasteiger partial charge in [0.2, 0.25) is 0 Å². The molecule has 4 heteroatoms. The van der Waals surface area contributed by atoms with Gasteiger partial charge >= 0.3 is 0 Å². The molecular formula is C17H24N2O2. The first kappa shape index (κ1) is 15.7. The summed E-state index contributed by atoms with van der Waals surface area (Å²) in [5.74, 6) is 0.789. The summed E-state index contributed by atoms with van der Waals surface area (Å²) in [5.41, 5.74) is 0.549. The molecule has 0 bridgehead atoms. The number of benzene rings is 1. The molecule has 0 radical (unpaired) electrons. The molecule has 0 amide bonds. The molecule has 2 N–H and O–H groups in total. The molecule has 114 valence electrons. The van der Waals surface area contributed by atoms with Gasteiger partial charge in [-0.3, -0.25) is 4.98 Å². The van der Waals surface area contributed by atoms with Crippen LogP contribution in [0.15, 0.2) is 36.5 Å². The number of nitrogens with zero attached hydrogens (tertiary/aromatic N) is 1. The Balaban J connectivity index is 2.13. The number of aliphatic hydroxyl groups excluding tert-OH is 1. The van der Waals surface area contributed by atoms with E-state index in [9.17, 15) is 5.11 Å². The van der Waals surface area contributed by atoms with Crippen LogP contribution in [0.5, 0.6) is 5.75 Å². The van der Waals surface area contributed by atoms with E-state index in [2.05, 4.69) is 10.3 Å². The third-order valence-electron chi connectivity index (χ3n) is 3.61. The second-order valence-electron chi connectivity index (χ2n) is 5.71. The van der Waals surface area contributed by atoms with Gasteiger partial charge < -0.3 is 15.2 Å². The molecule has 0 saturated carbocycles. The van der Waals surface area contributed by atoms with Crippen molar-refractivity contribution >= 4 is 10.9 Å². The van der Waals surface area contributed by atoms with Crippen LogP contribution < -0.4 is 10.1 Å². The topological polar surface area (TPSA) is 54.4 Å². The van der Waals surface area contributed by atoms with E-state index in [-0.39, 0.29) is 18.2 Å². The summed E-state index contributed by atoms with van der Waals surface area (Å²) >= 11 is 0. The zero-order valence-electron chi connectivity index (χ0n) is 13.0. The van der Waals surface area contributed by atoms with Crippen molar-refractivity contribution in [1.29, 1.82) is 0 Å². The van der Waals surface area contributed by atoms with Crippen LogP contribution in [0, 0.1) is 0 Å². The maximum atomic E-state index is 9.57. The van der Waals surface area contributed by atoms with Gasteiger partial charge in [-0.1, -0.05) is 25.1 Å². The fourth-order valence-corrected chi connectivity index (χ4v) is 2.68. The number of likely N-dealkylation sites (N-methyl/N-ethyl adjacent to an activating group) is 1. The van der Waals surface area contributed by atoms with Crippen molar-refractivity contribution in [2.75, 3.05) is 13.2 Å². The van der Waals surface area contributed by atoms with Crippen LogP contribution in [-0.4, -0.2) is 34.9 Å². The molecule has 1 aromatic carbocycles. The molecule has 0 aliphatic rings. The molecule has 2 aromatic rings. The number of rotatable bonds is 7. The lowest BCUT2D eigenvalue weighted by Gasteiger charge is -2.31. The quantitative estimate of drug-likeness (QED) is 0.822. The van der Waals surface area contributed by atoms with Crippen molar-refractivity contribution < 1.29 is 9.84 Å². The van der Waals surface area contributed by atoms with Crippen LogP contribution in [-0.2, 0) is 0 Å². The number of aliphatic hydroxyl groups is 1. The Morgan fingerprint density at radius 3 is 2.81 bits per heavy atom. The number of aromatic nitrogens is 1. The Bertz CT molecular complexity index is 583. The molecule has 2 atom stereocenters. The minimum absolute atomic E-state index is 0.0196. The van der Waals surface area contributed by atoms with Crippen LogP contribution in [0.3, 0.4) is 0 Å². The summed E-state index contributed by atoms with van der Waals surface area (Å²) in [6.45, 7) is 6.97. The molecule has 0 aliphatic heterocycles.